The van der Waals surface area contributed by atoms with Gasteiger partial charge in [0, 0.05) is 19.1 Å². The van der Waals surface area contributed by atoms with Crippen LogP contribution in [0.1, 0.15) is 13.3 Å². The summed E-state index contributed by atoms with van der Waals surface area (Å²) in [7, 11) is 0. The molecule has 0 radical (unpaired) electrons. The standard InChI is InChI=1S/C7H16N2O/c1-6(10)4-9-7-2-3-8-5-7/h6-10H,2-5H2,1H3. The average molecular weight is 144 g/mol. The zero-order valence-corrected chi connectivity index (χ0v) is 6.43. The van der Waals surface area contributed by atoms with Crippen molar-refractivity contribution in [1.29, 1.82) is 0 Å². The largest absolute Gasteiger partial charge is 0.392 e. The molecule has 0 saturated carbocycles. The lowest BCUT2D eigenvalue weighted by Crippen LogP contribution is -2.35. The normalized spacial score (nSPS) is 28.8. The van der Waals surface area contributed by atoms with E-state index in [0.717, 1.165) is 13.1 Å². The molecule has 1 heterocycles. The maximum Gasteiger partial charge on any atom is 0.0636 e. The van der Waals surface area contributed by atoms with E-state index in [1.165, 1.54) is 6.42 Å². The number of aliphatic hydroxyl groups excluding tert-OH is 1. The van der Waals surface area contributed by atoms with Gasteiger partial charge in [0.25, 0.3) is 0 Å². The summed E-state index contributed by atoms with van der Waals surface area (Å²) in [6.45, 7) is 4.67. The van der Waals surface area contributed by atoms with Gasteiger partial charge in [-0.25, -0.2) is 0 Å². The monoisotopic (exact) mass is 144 g/mol. The molecular formula is C7H16N2O. The Kier molecular flexibility index (Phi) is 3.12. The van der Waals surface area contributed by atoms with Gasteiger partial charge >= 0.3 is 0 Å². The molecule has 1 fully saturated rings. The molecule has 2 unspecified atom stereocenters. The summed E-state index contributed by atoms with van der Waals surface area (Å²) >= 11 is 0. The Balaban J connectivity index is 2.01. The number of aliphatic hydroxyl groups is 1. The Hall–Kier alpha value is -0.120. The quantitative estimate of drug-likeness (QED) is 0.491. The Morgan fingerprint density at radius 2 is 2.60 bits per heavy atom. The zero-order chi connectivity index (χ0) is 7.40. The van der Waals surface area contributed by atoms with Crippen LogP contribution in [0.15, 0.2) is 0 Å². The van der Waals surface area contributed by atoms with Crippen molar-refractivity contribution in [3.8, 4) is 0 Å². The van der Waals surface area contributed by atoms with Gasteiger partial charge in [-0.3, -0.25) is 0 Å². The van der Waals surface area contributed by atoms with E-state index in [0.29, 0.717) is 12.6 Å². The number of hydrogen-bond acceptors (Lipinski definition) is 3. The molecule has 1 aliphatic rings. The summed E-state index contributed by atoms with van der Waals surface area (Å²) in [5.41, 5.74) is 0. The zero-order valence-electron chi connectivity index (χ0n) is 6.43. The van der Waals surface area contributed by atoms with E-state index in [9.17, 15) is 0 Å². The van der Waals surface area contributed by atoms with Gasteiger partial charge in [-0.2, -0.15) is 0 Å². The Labute approximate surface area is 61.8 Å². The van der Waals surface area contributed by atoms with Gasteiger partial charge in [-0.15, -0.1) is 0 Å². The second kappa shape index (κ2) is 3.91. The molecule has 0 aliphatic carbocycles. The fourth-order valence-electron chi connectivity index (χ4n) is 1.17. The highest BCUT2D eigenvalue weighted by atomic mass is 16.3. The predicted molar refractivity (Wildman–Crippen MR) is 41.0 cm³/mol. The van der Waals surface area contributed by atoms with E-state index >= 15 is 0 Å². The van der Waals surface area contributed by atoms with Gasteiger partial charge in [-0.05, 0) is 19.9 Å². The molecule has 0 aromatic carbocycles. The molecule has 10 heavy (non-hydrogen) atoms. The molecule has 2 atom stereocenters. The van der Waals surface area contributed by atoms with Crippen LogP contribution >= 0.6 is 0 Å². The molecule has 3 heteroatoms. The molecule has 3 nitrogen and oxygen atoms in total. The molecule has 3 N–H and O–H groups in total. The fourth-order valence-corrected chi connectivity index (χ4v) is 1.17. The van der Waals surface area contributed by atoms with Crippen LogP contribution in [0.5, 0.6) is 0 Å². The summed E-state index contributed by atoms with van der Waals surface area (Å²) in [5.74, 6) is 0. The van der Waals surface area contributed by atoms with Crippen molar-refractivity contribution in [3.63, 3.8) is 0 Å². The first-order valence-electron chi connectivity index (χ1n) is 3.91. The lowest BCUT2D eigenvalue weighted by Gasteiger charge is -2.11. The van der Waals surface area contributed by atoms with E-state index in [1.807, 2.05) is 0 Å². The van der Waals surface area contributed by atoms with Crippen molar-refractivity contribution in [3.05, 3.63) is 0 Å². The van der Waals surface area contributed by atoms with E-state index < -0.39 is 0 Å². The van der Waals surface area contributed by atoms with Gasteiger partial charge in [0.1, 0.15) is 0 Å². The second-order valence-corrected chi connectivity index (χ2v) is 2.95. The van der Waals surface area contributed by atoms with Crippen molar-refractivity contribution in [2.75, 3.05) is 19.6 Å². The third-order valence-corrected chi connectivity index (χ3v) is 1.76. The highest BCUT2D eigenvalue weighted by Gasteiger charge is 2.13. The van der Waals surface area contributed by atoms with Gasteiger partial charge in [0.2, 0.25) is 0 Å². The Bertz CT molecular complexity index is 89.6. The van der Waals surface area contributed by atoms with Crippen molar-refractivity contribution in [1.82, 2.24) is 10.6 Å². The average Bonchev–Trinajstić information content (AvgIpc) is 2.34. The molecule has 0 spiro atoms. The molecule has 1 saturated heterocycles. The fraction of sp³-hybridized carbons (Fsp3) is 1.00. The summed E-state index contributed by atoms with van der Waals surface area (Å²) in [5, 5.41) is 15.5. The Morgan fingerprint density at radius 1 is 1.80 bits per heavy atom. The SMILES string of the molecule is CC(O)CNC1CCNC1. The number of rotatable bonds is 3. The van der Waals surface area contributed by atoms with E-state index in [-0.39, 0.29) is 6.10 Å². The molecule has 0 aromatic rings. The summed E-state index contributed by atoms with van der Waals surface area (Å²) in [6.07, 6.45) is 0.966. The number of nitrogens with one attached hydrogen (secondary N) is 2. The smallest absolute Gasteiger partial charge is 0.0636 e. The highest BCUT2D eigenvalue weighted by Crippen LogP contribution is 1.96. The maximum absolute atomic E-state index is 8.93. The van der Waals surface area contributed by atoms with Gasteiger partial charge in [0.15, 0.2) is 0 Å². The van der Waals surface area contributed by atoms with Crippen molar-refractivity contribution in [2.24, 2.45) is 0 Å². The van der Waals surface area contributed by atoms with Crippen LogP contribution in [-0.2, 0) is 0 Å². The van der Waals surface area contributed by atoms with Crippen LogP contribution < -0.4 is 10.6 Å². The second-order valence-electron chi connectivity index (χ2n) is 2.95. The van der Waals surface area contributed by atoms with Gasteiger partial charge < -0.3 is 15.7 Å². The predicted octanol–water partition coefficient (Wildman–Crippen LogP) is -0.681. The molecule has 60 valence electrons. The van der Waals surface area contributed by atoms with E-state index in [2.05, 4.69) is 10.6 Å². The van der Waals surface area contributed by atoms with Crippen LogP contribution in [-0.4, -0.2) is 36.9 Å². The van der Waals surface area contributed by atoms with Crippen LogP contribution in [0.3, 0.4) is 0 Å². The molecule has 0 amide bonds. The first-order valence-corrected chi connectivity index (χ1v) is 3.91. The van der Waals surface area contributed by atoms with Crippen molar-refractivity contribution in [2.45, 2.75) is 25.5 Å². The van der Waals surface area contributed by atoms with E-state index in [4.69, 9.17) is 5.11 Å². The minimum Gasteiger partial charge on any atom is -0.392 e. The maximum atomic E-state index is 8.93. The van der Waals surface area contributed by atoms with Crippen LogP contribution in [0.4, 0.5) is 0 Å². The molecular weight excluding hydrogens is 128 g/mol. The molecule has 1 rings (SSSR count). The van der Waals surface area contributed by atoms with Crippen LogP contribution in [0.25, 0.3) is 0 Å². The number of hydrogen-bond donors (Lipinski definition) is 3. The molecule has 0 aromatic heterocycles. The van der Waals surface area contributed by atoms with Crippen molar-refractivity contribution >= 4 is 0 Å². The lowest BCUT2D eigenvalue weighted by atomic mass is 10.2. The van der Waals surface area contributed by atoms with E-state index in [1.54, 1.807) is 6.92 Å². The minimum atomic E-state index is -0.222. The Morgan fingerprint density at radius 3 is 3.10 bits per heavy atom. The van der Waals surface area contributed by atoms with Crippen LogP contribution in [0, 0.1) is 0 Å². The van der Waals surface area contributed by atoms with Gasteiger partial charge in [-0.1, -0.05) is 0 Å². The van der Waals surface area contributed by atoms with Crippen molar-refractivity contribution < 1.29 is 5.11 Å². The summed E-state index contributed by atoms with van der Waals surface area (Å²) in [6, 6.07) is 0.578. The summed E-state index contributed by atoms with van der Waals surface area (Å²) in [4.78, 5) is 0. The highest BCUT2D eigenvalue weighted by molar-refractivity contribution is 4.77. The topological polar surface area (TPSA) is 44.3 Å². The first kappa shape index (κ1) is 7.98. The summed E-state index contributed by atoms with van der Waals surface area (Å²) < 4.78 is 0. The molecule has 1 aliphatic heterocycles. The first-order chi connectivity index (χ1) is 4.79. The van der Waals surface area contributed by atoms with Gasteiger partial charge in [0.05, 0.1) is 6.10 Å². The van der Waals surface area contributed by atoms with Crippen LogP contribution in [0.2, 0.25) is 0 Å². The third kappa shape index (κ3) is 2.64. The minimum absolute atomic E-state index is 0.222. The lowest BCUT2D eigenvalue weighted by molar-refractivity contribution is 0.187. The third-order valence-electron chi connectivity index (χ3n) is 1.76. The molecule has 0 bridgehead atoms.